The van der Waals surface area contributed by atoms with Crippen molar-refractivity contribution in [2.24, 2.45) is 0 Å². The summed E-state index contributed by atoms with van der Waals surface area (Å²) in [5, 5.41) is 4.37. The second-order valence-electron chi connectivity index (χ2n) is 5.51. The molecule has 0 aromatic heterocycles. The first kappa shape index (κ1) is 14.7. The van der Waals surface area contributed by atoms with Crippen molar-refractivity contribution >= 4 is 11.6 Å². The fourth-order valence-electron chi connectivity index (χ4n) is 2.85. The van der Waals surface area contributed by atoms with E-state index >= 15 is 0 Å². The Labute approximate surface area is 121 Å². The Bertz CT molecular complexity index is 390. The number of benzene rings is 1. The highest BCUT2D eigenvalue weighted by molar-refractivity contribution is 6.30. The Hall–Kier alpha value is -0.730. The van der Waals surface area contributed by atoms with Gasteiger partial charge in [-0.05, 0) is 49.9 Å². The minimum Gasteiger partial charge on any atom is -0.492 e. The molecule has 0 aliphatic heterocycles. The van der Waals surface area contributed by atoms with E-state index in [9.17, 15) is 0 Å². The molecule has 0 saturated heterocycles. The third kappa shape index (κ3) is 4.39. The number of halogens is 1. The summed E-state index contributed by atoms with van der Waals surface area (Å²) in [5.41, 5.74) is 2.23. The quantitative estimate of drug-likeness (QED) is 0.815. The number of nitrogens with one attached hydrogen (secondary N) is 1. The Kier molecular flexibility index (Phi) is 5.53. The fourth-order valence-corrected chi connectivity index (χ4v) is 3.18. The maximum absolute atomic E-state index is 6.02. The molecule has 0 bridgehead atoms. The maximum atomic E-state index is 6.02. The highest BCUT2D eigenvalue weighted by Gasteiger charge is 2.12. The zero-order valence-electron chi connectivity index (χ0n) is 12.0. The Morgan fingerprint density at radius 3 is 2.42 bits per heavy atom. The van der Waals surface area contributed by atoms with Crippen molar-refractivity contribution in [3.63, 3.8) is 0 Å². The number of ether oxygens (including phenoxy) is 1. The predicted molar refractivity (Wildman–Crippen MR) is 81.3 cm³/mol. The van der Waals surface area contributed by atoms with Gasteiger partial charge in [-0.25, -0.2) is 0 Å². The first-order valence-electron chi connectivity index (χ1n) is 7.30. The van der Waals surface area contributed by atoms with Gasteiger partial charge in [0.1, 0.15) is 12.4 Å². The first-order valence-corrected chi connectivity index (χ1v) is 7.67. The number of hydrogen-bond acceptors (Lipinski definition) is 2. The van der Waals surface area contributed by atoms with Crippen LogP contribution in [0, 0.1) is 13.8 Å². The topological polar surface area (TPSA) is 21.3 Å². The van der Waals surface area contributed by atoms with Gasteiger partial charge in [-0.3, -0.25) is 0 Å². The predicted octanol–water partition coefficient (Wildman–Crippen LogP) is 4.26. The van der Waals surface area contributed by atoms with E-state index in [2.05, 4.69) is 5.32 Å². The van der Waals surface area contributed by atoms with Crippen LogP contribution >= 0.6 is 11.6 Å². The molecule has 1 aromatic rings. The zero-order chi connectivity index (χ0) is 13.7. The smallest absolute Gasteiger partial charge is 0.125 e. The van der Waals surface area contributed by atoms with Gasteiger partial charge in [0.2, 0.25) is 0 Å². The molecule has 0 amide bonds. The summed E-state index contributed by atoms with van der Waals surface area (Å²) in [4.78, 5) is 0. The molecule has 0 heterocycles. The molecule has 1 aliphatic carbocycles. The lowest BCUT2D eigenvalue weighted by Crippen LogP contribution is -2.34. The highest BCUT2D eigenvalue weighted by atomic mass is 35.5. The summed E-state index contributed by atoms with van der Waals surface area (Å²) in [7, 11) is 0. The van der Waals surface area contributed by atoms with Crippen LogP contribution in [-0.4, -0.2) is 19.2 Å². The van der Waals surface area contributed by atoms with E-state index in [0.29, 0.717) is 6.04 Å². The molecule has 0 radical (unpaired) electrons. The lowest BCUT2D eigenvalue weighted by atomic mass is 9.96. The van der Waals surface area contributed by atoms with Crippen molar-refractivity contribution in [3.8, 4) is 5.75 Å². The summed E-state index contributed by atoms with van der Waals surface area (Å²) in [6, 6.07) is 4.61. The van der Waals surface area contributed by atoms with Gasteiger partial charge in [0, 0.05) is 17.6 Å². The lowest BCUT2D eigenvalue weighted by Gasteiger charge is -2.23. The van der Waals surface area contributed by atoms with Crippen molar-refractivity contribution in [3.05, 3.63) is 28.3 Å². The van der Waals surface area contributed by atoms with E-state index in [-0.39, 0.29) is 0 Å². The summed E-state index contributed by atoms with van der Waals surface area (Å²) in [5.74, 6) is 0.981. The van der Waals surface area contributed by atoms with E-state index in [1.807, 2.05) is 26.0 Å². The van der Waals surface area contributed by atoms with Crippen LogP contribution in [0.1, 0.15) is 43.2 Å². The first-order chi connectivity index (χ1) is 9.16. The molecule has 1 aliphatic rings. The summed E-state index contributed by atoms with van der Waals surface area (Å²) in [6.45, 7) is 5.73. The molecule has 0 unspecified atom stereocenters. The SMILES string of the molecule is Cc1cc(Cl)cc(C)c1OCCNC1CCCCC1. The summed E-state index contributed by atoms with van der Waals surface area (Å²) < 4.78 is 5.89. The van der Waals surface area contributed by atoms with Crippen LogP contribution in [-0.2, 0) is 0 Å². The third-order valence-corrected chi connectivity index (χ3v) is 4.03. The molecule has 1 N–H and O–H groups in total. The van der Waals surface area contributed by atoms with Gasteiger partial charge in [0.15, 0.2) is 0 Å². The number of aryl methyl sites for hydroxylation is 2. The van der Waals surface area contributed by atoms with E-state index in [0.717, 1.165) is 35.1 Å². The molecule has 0 atom stereocenters. The van der Waals surface area contributed by atoms with Crippen molar-refractivity contribution < 1.29 is 4.74 Å². The number of hydrogen-bond donors (Lipinski definition) is 1. The lowest BCUT2D eigenvalue weighted by molar-refractivity contribution is 0.286. The largest absolute Gasteiger partial charge is 0.492 e. The third-order valence-electron chi connectivity index (χ3n) is 3.81. The Balaban J connectivity index is 1.76. The molecule has 1 saturated carbocycles. The van der Waals surface area contributed by atoms with E-state index in [1.165, 1.54) is 32.1 Å². The molecule has 1 aromatic carbocycles. The molecule has 19 heavy (non-hydrogen) atoms. The molecule has 2 rings (SSSR count). The van der Waals surface area contributed by atoms with E-state index in [1.54, 1.807) is 0 Å². The van der Waals surface area contributed by atoms with Crippen molar-refractivity contribution in [2.45, 2.75) is 52.0 Å². The molecular weight excluding hydrogens is 258 g/mol. The second-order valence-corrected chi connectivity index (χ2v) is 5.94. The average Bonchev–Trinajstić information content (AvgIpc) is 2.38. The maximum Gasteiger partial charge on any atom is 0.125 e. The summed E-state index contributed by atoms with van der Waals surface area (Å²) >= 11 is 6.02. The highest BCUT2D eigenvalue weighted by Crippen LogP contribution is 2.26. The second kappa shape index (κ2) is 7.16. The van der Waals surface area contributed by atoms with E-state index < -0.39 is 0 Å². The Morgan fingerprint density at radius 2 is 1.79 bits per heavy atom. The van der Waals surface area contributed by atoms with Gasteiger partial charge in [0.25, 0.3) is 0 Å². The van der Waals surface area contributed by atoms with E-state index in [4.69, 9.17) is 16.3 Å². The van der Waals surface area contributed by atoms with Crippen molar-refractivity contribution in [1.82, 2.24) is 5.32 Å². The van der Waals surface area contributed by atoms with Crippen LogP contribution < -0.4 is 10.1 Å². The average molecular weight is 282 g/mol. The van der Waals surface area contributed by atoms with Crippen molar-refractivity contribution in [2.75, 3.05) is 13.2 Å². The fraction of sp³-hybridized carbons (Fsp3) is 0.625. The minimum absolute atomic E-state index is 0.699. The van der Waals surface area contributed by atoms with Crippen LogP contribution in [0.4, 0.5) is 0 Å². The van der Waals surface area contributed by atoms with Crippen LogP contribution in [0.25, 0.3) is 0 Å². The monoisotopic (exact) mass is 281 g/mol. The van der Waals surface area contributed by atoms with Gasteiger partial charge in [-0.15, -0.1) is 0 Å². The van der Waals surface area contributed by atoms with Gasteiger partial charge >= 0.3 is 0 Å². The van der Waals surface area contributed by atoms with Crippen molar-refractivity contribution in [1.29, 1.82) is 0 Å². The molecule has 0 spiro atoms. The molecule has 3 heteroatoms. The number of rotatable bonds is 5. The standard InChI is InChI=1S/C16H24ClNO/c1-12-10-14(17)11-13(2)16(12)19-9-8-18-15-6-4-3-5-7-15/h10-11,15,18H,3-9H2,1-2H3. The molecule has 2 nitrogen and oxygen atoms in total. The molecule has 106 valence electrons. The van der Waals surface area contributed by atoms with Crippen LogP contribution in [0.2, 0.25) is 5.02 Å². The zero-order valence-corrected chi connectivity index (χ0v) is 12.7. The van der Waals surface area contributed by atoms with Crippen LogP contribution in [0.3, 0.4) is 0 Å². The summed E-state index contributed by atoms with van der Waals surface area (Å²) in [6.07, 6.45) is 6.78. The normalized spacial score (nSPS) is 16.6. The van der Waals surface area contributed by atoms with Gasteiger partial charge < -0.3 is 10.1 Å². The Morgan fingerprint density at radius 1 is 1.16 bits per heavy atom. The van der Waals surface area contributed by atoms with Gasteiger partial charge in [-0.2, -0.15) is 0 Å². The van der Waals surface area contributed by atoms with Gasteiger partial charge in [0.05, 0.1) is 0 Å². The van der Waals surface area contributed by atoms with Crippen LogP contribution in [0.5, 0.6) is 5.75 Å². The van der Waals surface area contributed by atoms with Crippen LogP contribution in [0.15, 0.2) is 12.1 Å². The molecular formula is C16H24ClNO. The van der Waals surface area contributed by atoms with Gasteiger partial charge in [-0.1, -0.05) is 30.9 Å². The molecule has 1 fully saturated rings. The minimum atomic E-state index is 0.699.